The van der Waals surface area contributed by atoms with E-state index < -0.39 is 0 Å². The van der Waals surface area contributed by atoms with Gasteiger partial charge >= 0.3 is 0 Å². The van der Waals surface area contributed by atoms with Gasteiger partial charge in [0.25, 0.3) is 0 Å². The van der Waals surface area contributed by atoms with E-state index in [2.05, 4.69) is 20.8 Å². The van der Waals surface area contributed by atoms with Gasteiger partial charge in [0, 0.05) is 13.2 Å². The molecule has 0 aliphatic carbocycles. The Morgan fingerprint density at radius 2 is 1.64 bits per heavy atom. The third kappa shape index (κ3) is 7.34. The lowest BCUT2D eigenvalue weighted by atomic mass is 10.00. The van der Waals surface area contributed by atoms with Crippen molar-refractivity contribution in [3.05, 3.63) is 0 Å². The van der Waals surface area contributed by atoms with Crippen LogP contribution in [0.2, 0.25) is 0 Å². The lowest BCUT2D eigenvalue weighted by molar-refractivity contribution is 0.0670. The van der Waals surface area contributed by atoms with Crippen LogP contribution >= 0.6 is 0 Å². The minimum absolute atomic E-state index is 0.163. The number of aliphatic hydroxyl groups is 1. The molecule has 0 aromatic rings. The Balaban J connectivity index is 3.27. The van der Waals surface area contributed by atoms with Crippen molar-refractivity contribution in [2.45, 2.75) is 53.1 Å². The molecular formula is C12H26O2. The first-order valence-corrected chi connectivity index (χ1v) is 5.83. The van der Waals surface area contributed by atoms with E-state index in [0.717, 1.165) is 32.5 Å². The van der Waals surface area contributed by atoms with Crippen molar-refractivity contribution in [1.82, 2.24) is 0 Å². The van der Waals surface area contributed by atoms with E-state index in [1.54, 1.807) is 0 Å². The predicted octanol–water partition coefficient (Wildman–Crippen LogP) is 2.85. The third-order valence-electron chi connectivity index (χ3n) is 2.63. The molecule has 0 bridgehead atoms. The Morgan fingerprint density at radius 3 is 2.14 bits per heavy atom. The molecule has 0 aromatic heterocycles. The number of ether oxygens (including phenoxy) is 1. The van der Waals surface area contributed by atoms with Gasteiger partial charge in [-0.15, -0.1) is 0 Å². The molecule has 0 radical (unpaired) electrons. The Hall–Kier alpha value is -0.0800. The predicted molar refractivity (Wildman–Crippen MR) is 60.4 cm³/mol. The summed E-state index contributed by atoms with van der Waals surface area (Å²) >= 11 is 0. The maximum Gasteiger partial charge on any atom is 0.0564 e. The third-order valence-corrected chi connectivity index (χ3v) is 2.63. The minimum Gasteiger partial charge on any atom is -0.393 e. The zero-order chi connectivity index (χ0) is 11.0. The fourth-order valence-electron chi connectivity index (χ4n) is 1.29. The molecule has 0 heterocycles. The van der Waals surface area contributed by atoms with E-state index in [-0.39, 0.29) is 6.10 Å². The molecule has 1 N–H and O–H groups in total. The van der Waals surface area contributed by atoms with Crippen molar-refractivity contribution < 1.29 is 9.84 Å². The van der Waals surface area contributed by atoms with Crippen LogP contribution in [0.15, 0.2) is 0 Å². The molecular weight excluding hydrogens is 176 g/mol. The van der Waals surface area contributed by atoms with Crippen molar-refractivity contribution in [1.29, 1.82) is 0 Å². The summed E-state index contributed by atoms with van der Waals surface area (Å²) in [5.41, 5.74) is 0. The molecule has 0 spiro atoms. The molecule has 86 valence electrons. The molecule has 2 atom stereocenters. The van der Waals surface area contributed by atoms with E-state index in [4.69, 9.17) is 4.74 Å². The molecule has 2 unspecified atom stereocenters. The van der Waals surface area contributed by atoms with Crippen LogP contribution in [-0.4, -0.2) is 24.4 Å². The van der Waals surface area contributed by atoms with Crippen LogP contribution in [0.25, 0.3) is 0 Å². The average Bonchev–Trinajstić information content (AvgIpc) is 2.15. The molecule has 0 aromatic carbocycles. The standard InChI is InChI=1S/C12H26O2/c1-5-12(13)11(4)7-9-14-8-6-10(2)3/h10-13H,5-9H2,1-4H3. The van der Waals surface area contributed by atoms with Crippen LogP contribution in [0, 0.1) is 11.8 Å². The summed E-state index contributed by atoms with van der Waals surface area (Å²) in [6.07, 6.45) is 2.77. The fraction of sp³-hybridized carbons (Fsp3) is 1.00. The molecule has 2 heteroatoms. The van der Waals surface area contributed by atoms with Gasteiger partial charge in [-0.3, -0.25) is 0 Å². The van der Waals surface area contributed by atoms with Crippen molar-refractivity contribution in [2.24, 2.45) is 11.8 Å². The molecule has 0 fully saturated rings. The summed E-state index contributed by atoms with van der Waals surface area (Å²) in [6.45, 7) is 10.1. The molecule has 0 aliphatic heterocycles. The van der Waals surface area contributed by atoms with Gasteiger partial charge in [-0.2, -0.15) is 0 Å². The Morgan fingerprint density at radius 1 is 1.07 bits per heavy atom. The zero-order valence-electron chi connectivity index (χ0n) is 10.1. The molecule has 0 aliphatic rings. The SMILES string of the molecule is CCC(O)C(C)CCOCCC(C)C. The van der Waals surface area contributed by atoms with E-state index in [0.29, 0.717) is 11.8 Å². The maximum absolute atomic E-state index is 9.52. The monoisotopic (exact) mass is 202 g/mol. The van der Waals surface area contributed by atoms with Crippen molar-refractivity contribution in [2.75, 3.05) is 13.2 Å². The lowest BCUT2D eigenvalue weighted by Crippen LogP contribution is -2.18. The van der Waals surface area contributed by atoms with Crippen LogP contribution in [0.3, 0.4) is 0 Å². The first-order valence-electron chi connectivity index (χ1n) is 5.83. The van der Waals surface area contributed by atoms with Gasteiger partial charge in [-0.25, -0.2) is 0 Å². The van der Waals surface area contributed by atoms with Crippen molar-refractivity contribution in [3.8, 4) is 0 Å². The van der Waals surface area contributed by atoms with Crippen LogP contribution in [0.4, 0.5) is 0 Å². The molecule has 0 amide bonds. The van der Waals surface area contributed by atoms with E-state index in [9.17, 15) is 5.11 Å². The van der Waals surface area contributed by atoms with Crippen molar-refractivity contribution >= 4 is 0 Å². The Labute approximate surface area is 88.7 Å². The normalized spacial score (nSPS) is 15.9. The van der Waals surface area contributed by atoms with Gasteiger partial charge in [0.05, 0.1) is 6.10 Å². The van der Waals surface area contributed by atoms with Crippen LogP contribution in [0.1, 0.15) is 47.0 Å². The highest BCUT2D eigenvalue weighted by Gasteiger charge is 2.11. The van der Waals surface area contributed by atoms with Gasteiger partial charge in [0.1, 0.15) is 0 Å². The minimum atomic E-state index is -0.163. The second-order valence-electron chi connectivity index (χ2n) is 4.54. The van der Waals surface area contributed by atoms with Gasteiger partial charge in [-0.1, -0.05) is 27.7 Å². The van der Waals surface area contributed by atoms with E-state index in [1.807, 2.05) is 6.92 Å². The second kappa shape index (κ2) is 8.25. The highest BCUT2D eigenvalue weighted by molar-refractivity contribution is 4.61. The van der Waals surface area contributed by atoms with Crippen LogP contribution < -0.4 is 0 Å². The van der Waals surface area contributed by atoms with Crippen LogP contribution in [-0.2, 0) is 4.74 Å². The van der Waals surface area contributed by atoms with E-state index in [1.165, 1.54) is 0 Å². The van der Waals surface area contributed by atoms with Gasteiger partial charge in [0.2, 0.25) is 0 Å². The van der Waals surface area contributed by atoms with Gasteiger partial charge in [0.15, 0.2) is 0 Å². The quantitative estimate of drug-likeness (QED) is 0.613. The zero-order valence-corrected chi connectivity index (χ0v) is 10.1. The molecule has 2 nitrogen and oxygen atoms in total. The molecule has 0 rings (SSSR count). The highest BCUT2D eigenvalue weighted by atomic mass is 16.5. The molecule has 14 heavy (non-hydrogen) atoms. The smallest absolute Gasteiger partial charge is 0.0564 e. The summed E-state index contributed by atoms with van der Waals surface area (Å²) in [4.78, 5) is 0. The summed E-state index contributed by atoms with van der Waals surface area (Å²) < 4.78 is 5.50. The molecule has 0 saturated carbocycles. The first-order chi connectivity index (χ1) is 6.57. The van der Waals surface area contributed by atoms with Crippen molar-refractivity contribution in [3.63, 3.8) is 0 Å². The number of aliphatic hydroxyl groups excluding tert-OH is 1. The fourth-order valence-corrected chi connectivity index (χ4v) is 1.29. The summed E-state index contributed by atoms with van der Waals surface area (Å²) in [7, 11) is 0. The first kappa shape index (κ1) is 13.9. The summed E-state index contributed by atoms with van der Waals surface area (Å²) in [5, 5.41) is 9.52. The Kier molecular flexibility index (Phi) is 8.20. The second-order valence-corrected chi connectivity index (χ2v) is 4.54. The van der Waals surface area contributed by atoms with Crippen LogP contribution in [0.5, 0.6) is 0 Å². The number of rotatable bonds is 8. The molecule has 0 saturated heterocycles. The Bertz CT molecular complexity index is 123. The van der Waals surface area contributed by atoms with Gasteiger partial charge < -0.3 is 9.84 Å². The summed E-state index contributed by atoms with van der Waals surface area (Å²) in [6, 6.07) is 0. The van der Waals surface area contributed by atoms with E-state index >= 15 is 0 Å². The average molecular weight is 202 g/mol. The van der Waals surface area contributed by atoms with Gasteiger partial charge in [-0.05, 0) is 31.1 Å². The summed E-state index contributed by atoms with van der Waals surface area (Å²) in [5.74, 6) is 1.08. The largest absolute Gasteiger partial charge is 0.393 e. The number of hydrogen-bond donors (Lipinski definition) is 1. The highest BCUT2D eigenvalue weighted by Crippen LogP contribution is 2.11. The number of hydrogen-bond acceptors (Lipinski definition) is 2. The lowest BCUT2D eigenvalue weighted by Gasteiger charge is -2.17. The topological polar surface area (TPSA) is 29.5 Å². The maximum atomic E-state index is 9.52.